The second-order valence-corrected chi connectivity index (χ2v) is 8.21. The Kier molecular flexibility index (Phi) is 5.29. The van der Waals surface area contributed by atoms with Gasteiger partial charge in [-0.2, -0.15) is 0 Å². The summed E-state index contributed by atoms with van der Waals surface area (Å²) in [5, 5.41) is 20.3. The number of pyridine rings is 1. The number of aliphatic hydroxyl groups excluding tert-OH is 2. The van der Waals surface area contributed by atoms with Crippen molar-refractivity contribution in [3.8, 4) is 0 Å². The number of carbonyl (C=O) groups excluding carboxylic acids is 1. The summed E-state index contributed by atoms with van der Waals surface area (Å²) in [4.78, 5) is 31.2. The lowest BCUT2D eigenvalue weighted by atomic mass is 9.95. The molecule has 4 atom stereocenters. The fraction of sp³-hybridized carbons (Fsp3) is 0.455. The van der Waals surface area contributed by atoms with Gasteiger partial charge < -0.3 is 25.0 Å². The standard InChI is InChI=1S/C22H27N3O4/c1-24(10-11-26)12-17-19(15-6-3-2-4-7-15)22(17)14-25(13-18(22)27)21(29)16-8-5-9-23-20(16)28/h2-9,17-19,26-27H,10-14H2,1H3,(H,23,28)/t17-,18-,19-,22-/m1/s1. The van der Waals surface area contributed by atoms with Crippen molar-refractivity contribution in [2.24, 2.45) is 11.3 Å². The zero-order valence-electron chi connectivity index (χ0n) is 16.5. The molecular formula is C22H27N3O4. The molecule has 3 N–H and O–H groups in total. The first-order valence-electron chi connectivity index (χ1n) is 9.98. The third kappa shape index (κ3) is 3.39. The summed E-state index contributed by atoms with van der Waals surface area (Å²) in [7, 11) is 1.96. The van der Waals surface area contributed by atoms with Crippen LogP contribution in [0.4, 0.5) is 0 Å². The van der Waals surface area contributed by atoms with E-state index in [2.05, 4.69) is 22.0 Å². The number of nitrogens with one attached hydrogen (secondary N) is 1. The second-order valence-electron chi connectivity index (χ2n) is 8.21. The van der Waals surface area contributed by atoms with Crippen molar-refractivity contribution in [2.45, 2.75) is 12.0 Å². The number of H-pyrrole nitrogens is 1. The van der Waals surface area contributed by atoms with Gasteiger partial charge in [0.05, 0.1) is 12.7 Å². The topological polar surface area (TPSA) is 96.9 Å². The van der Waals surface area contributed by atoms with E-state index in [1.54, 1.807) is 11.0 Å². The van der Waals surface area contributed by atoms with E-state index in [9.17, 15) is 19.8 Å². The van der Waals surface area contributed by atoms with Gasteiger partial charge in [-0.1, -0.05) is 30.3 Å². The number of hydrogen-bond acceptors (Lipinski definition) is 5. The van der Waals surface area contributed by atoms with E-state index in [0.29, 0.717) is 13.1 Å². The molecule has 1 saturated carbocycles. The number of likely N-dealkylation sites (tertiary alicyclic amines) is 1. The van der Waals surface area contributed by atoms with Gasteiger partial charge in [0, 0.05) is 37.8 Å². The van der Waals surface area contributed by atoms with Crippen molar-refractivity contribution >= 4 is 5.91 Å². The van der Waals surface area contributed by atoms with Crippen LogP contribution in [0.5, 0.6) is 0 Å². The third-order valence-corrected chi connectivity index (χ3v) is 6.53. The van der Waals surface area contributed by atoms with Gasteiger partial charge >= 0.3 is 0 Å². The van der Waals surface area contributed by atoms with Crippen molar-refractivity contribution in [3.05, 3.63) is 70.1 Å². The number of β-amino-alcohol motifs (C(OH)–C–C–N with tert-alkyl or cyclic N) is 1. The molecule has 1 amide bonds. The number of carbonyl (C=O) groups is 1. The highest BCUT2D eigenvalue weighted by molar-refractivity contribution is 5.94. The maximum absolute atomic E-state index is 13.0. The Morgan fingerprint density at radius 3 is 2.72 bits per heavy atom. The zero-order chi connectivity index (χ0) is 20.6. The molecular weight excluding hydrogens is 370 g/mol. The third-order valence-electron chi connectivity index (χ3n) is 6.53. The summed E-state index contributed by atoms with van der Waals surface area (Å²) < 4.78 is 0. The van der Waals surface area contributed by atoms with Gasteiger partial charge in [-0.3, -0.25) is 9.59 Å². The minimum Gasteiger partial charge on any atom is -0.395 e. The van der Waals surface area contributed by atoms with Gasteiger partial charge in [0.1, 0.15) is 5.56 Å². The summed E-state index contributed by atoms with van der Waals surface area (Å²) in [6, 6.07) is 13.2. The molecule has 29 heavy (non-hydrogen) atoms. The highest BCUT2D eigenvalue weighted by Crippen LogP contribution is 2.69. The van der Waals surface area contributed by atoms with Crippen molar-refractivity contribution in [3.63, 3.8) is 0 Å². The summed E-state index contributed by atoms with van der Waals surface area (Å²) in [6.07, 6.45) is 0.839. The van der Waals surface area contributed by atoms with Crippen LogP contribution >= 0.6 is 0 Å². The first kappa shape index (κ1) is 19.8. The predicted molar refractivity (Wildman–Crippen MR) is 109 cm³/mol. The van der Waals surface area contributed by atoms with Crippen LogP contribution in [-0.4, -0.2) is 76.8 Å². The van der Waals surface area contributed by atoms with Crippen LogP contribution in [0.15, 0.2) is 53.5 Å². The van der Waals surface area contributed by atoms with Crippen LogP contribution in [0.25, 0.3) is 0 Å². The summed E-state index contributed by atoms with van der Waals surface area (Å²) in [6.45, 7) is 2.00. The Bertz CT molecular complexity index is 931. The number of aliphatic hydroxyl groups is 2. The fourth-order valence-electron chi connectivity index (χ4n) is 5.08. The average molecular weight is 397 g/mol. The van der Waals surface area contributed by atoms with E-state index in [-0.39, 0.29) is 36.5 Å². The largest absolute Gasteiger partial charge is 0.395 e. The first-order valence-corrected chi connectivity index (χ1v) is 9.98. The van der Waals surface area contributed by atoms with Gasteiger partial charge in [-0.05, 0) is 36.6 Å². The molecule has 0 bridgehead atoms. The van der Waals surface area contributed by atoms with E-state index in [4.69, 9.17) is 0 Å². The molecule has 1 aliphatic carbocycles. The molecule has 0 unspecified atom stereocenters. The van der Waals surface area contributed by atoms with Crippen LogP contribution in [0.2, 0.25) is 0 Å². The van der Waals surface area contributed by atoms with Crippen molar-refractivity contribution in [2.75, 3.05) is 39.8 Å². The fourth-order valence-corrected chi connectivity index (χ4v) is 5.08. The van der Waals surface area contributed by atoms with Crippen LogP contribution in [0.1, 0.15) is 21.8 Å². The maximum Gasteiger partial charge on any atom is 0.260 e. The molecule has 4 rings (SSSR count). The molecule has 2 heterocycles. The van der Waals surface area contributed by atoms with E-state index in [0.717, 1.165) is 12.1 Å². The van der Waals surface area contributed by atoms with Crippen LogP contribution in [0.3, 0.4) is 0 Å². The number of hydrogen-bond donors (Lipinski definition) is 3. The van der Waals surface area contributed by atoms with Gasteiger partial charge in [0.25, 0.3) is 11.5 Å². The lowest BCUT2D eigenvalue weighted by Gasteiger charge is -2.19. The van der Waals surface area contributed by atoms with Gasteiger partial charge in [0.15, 0.2) is 0 Å². The molecule has 7 heteroatoms. The highest BCUT2D eigenvalue weighted by atomic mass is 16.3. The van der Waals surface area contributed by atoms with Gasteiger partial charge in [-0.15, -0.1) is 0 Å². The highest BCUT2D eigenvalue weighted by Gasteiger charge is 2.71. The number of rotatable bonds is 6. The molecule has 154 valence electrons. The lowest BCUT2D eigenvalue weighted by molar-refractivity contribution is 0.0762. The molecule has 1 saturated heterocycles. The molecule has 2 aromatic rings. The second kappa shape index (κ2) is 7.74. The molecule has 2 fully saturated rings. The smallest absolute Gasteiger partial charge is 0.260 e. The maximum atomic E-state index is 13.0. The molecule has 1 spiro atoms. The monoisotopic (exact) mass is 397 g/mol. The predicted octanol–water partition coefficient (Wildman–Crippen LogP) is 0.516. The number of benzene rings is 1. The number of aromatic amines is 1. The normalized spacial score (nSPS) is 28.3. The summed E-state index contributed by atoms with van der Waals surface area (Å²) >= 11 is 0. The Labute approximate surface area is 169 Å². The lowest BCUT2D eigenvalue weighted by Crippen LogP contribution is -2.34. The van der Waals surface area contributed by atoms with Crippen LogP contribution < -0.4 is 5.56 Å². The number of aromatic nitrogens is 1. The quantitative estimate of drug-likeness (QED) is 0.660. The van der Waals surface area contributed by atoms with Gasteiger partial charge in [0.2, 0.25) is 0 Å². The summed E-state index contributed by atoms with van der Waals surface area (Å²) in [5.41, 5.74) is 0.411. The summed E-state index contributed by atoms with van der Waals surface area (Å²) in [5.74, 6) is -0.0426. The zero-order valence-corrected chi connectivity index (χ0v) is 16.5. The first-order chi connectivity index (χ1) is 14.0. The number of amides is 1. The Hall–Kier alpha value is -2.48. The Morgan fingerprint density at radius 1 is 1.28 bits per heavy atom. The minimum absolute atomic E-state index is 0.0795. The Balaban J connectivity index is 1.61. The SMILES string of the molecule is CN(CCO)C[C@@H]1[C@@H](c2ccccc2)[C@]12CN(C(=O)c1ccc[nH]c1=O)C[C@H]2O. The number of nitrogens with zero attached hydrogens (tertiary/aromatic N) is 2. The molecule has 1 aliphatic heterocycles. The van der Waals surface area contributed by atoms with Crippen molar-refractivity contribution in [1.82, 2.24) is 14.8 Å². The van der Waals surface area contributed by atoms with E-state index >= 15 is 0 Å². The minimum atomic E-state index is -0.660. The van der Waals surface area contributed by atoms with E-state index < -0.39 is 17.1 Å². The van der Waals surface area contributed by atoms with E-state index in [1.807, 2.05) is 25.2 Å². The molecule has 2 aliphatic rings. The molecule has 1 aromatic heterocycles. The van der Waals surface area contributed by atoms with Crippen LogP contribution in [-0.2, 0) is 0 Å². The number of likely N-dealkylation sites (N-methyl/N-ethyl adjacent to an activating group) is 1. The Morgan fingerprint density at radius 2 is 2.03 bits per heavy atom. The molecule has 0 radical (unpaired) electrons. The van der Waals surface area contributed by atoms with Crippen molar-refractivity contribution < 1.29 is 15.0 Å². The molecule has 1 aromatic carbocycles. The van der Waals surface area contributed by atoms with Crippen LogP contribution in [0, 0.1) is 11.3 Å². The average Bonchev–Trinajstić information content (AvgIpc) is 3.20. The van der Waals surface area contributed by atoms with Gasteiger partial charge in [-0.25, -0.2) is 0 Å². The van der Waals surface area contributed by atoms with E-state index in [1.165, 1.54) is 12.3 Å². The molecule has 7 nitrogen and oxygen atoms in total. The van der Waals surface area contributed by atoms with Crippen molar-refractivity contribution in [1.29, 1.82) is 0 Å².